The van der Waals surface area contributed by atoms with Crippen molar-refractivity contribution in [2.24, 2.45) is 11.7 Å². The number of aromatic nitrogens is 3. The number of primary amides is 1. The number of likely N-dealkylation sites (N-methyl/N-ethyl adjacent to an activating group) is 1. The van der Waals surface area contributed by atoms with Crippen LogP contribution < -0.4 is 36.4 Å². The average Bonchev–Trinajstić information content (AvgIpc) is 3.57. The van der Waals surface area contributed by atoms with Gasteiger partial charge in [-0.3, -0.25) is 24.6 Å². The fraction of sp³-hybridized carbons (Fsp3) is 0.525. The lowest BCUT2D eigenvalue weighted by molar-refractivity contribution is -0.133. The topological polar surface area (TPSA) is 188 Å². The van der Waals surface area contributed by atoms with E-state index in [0.29, 0.717) is 68.9 Å². The van der Waals surface area contributed by atoms with Gasteiger partial charge in [-0.2, -0.15) is 4.98 Å². The molecule has 0 radical (unpaired) electrons. The average molecular weight is 816 g/mol. The van der Waals surface area contributed by atoms with E-state index in [4.69, 9.17) is 5.73 Å². The molecule has 17 nitrogen and oxygen atoms in total. The molecule has 5 fully saturated rings. The first-order chi connectivity index (χ1) is 28.5. The molecule has 1 aromatic heterocycles. The van der Waals surface area contributed by atoms with Gasteiger partial charge in [0, 0.05) is 96.8 Å². The maximum absolute atomic E-state index is 15.7. The van der Waals surface area contributed by atoms with Crippen molar-refractivity contribution in [1.29, 1.82) is 0 Å². The Balaban J connectivity index is 0.818. The SMILES string of the molecule is CN1CCN(C2CCCN(c3nnc(C(N)=O)c(Nc4ccc(N5CCN(CC6CCN(c7ccc(NC8CCC(=O)NC8=O)c(F)c7)CC6)CC5)c(F)c4)n3)C2)C1=O. The van der Waals surface area contributed by atoms with Gasteiger partial charge >= 0.3 is 6.03 Å². The summed E-state index contributed by atoms with van der Waals surface area (Å²) in [5.41, 5.74) is 7.38. The fourth-order valence-electron chi connectivity index (χ4n) is 8.83. The van der Waals surface area contributed by atoms with Crippen molar-refractivity contribution in [3.63, 3.8) is 0 Å². The van der Waals surface area contributed by atoms with Crippen molar-refractivity contribution in [2.75, 3.05) is 104 Å². The molecule has 0 bridgehead atoms. The van der Waals surface area contributed by atoms with Crippen LogP contribution in [0.2, 0.25) is 0 Å². The Morgan fingerprint density at radius 2 is 1.66 bits per heavy atom. The Bertz CT molecular complexity index is 2080. The number of nitrogens with one attached hydrogen (secondary N) is 3. The maximum atomic E-state index is 15.7. The zero-order valence-corrected chi connectivity index (χ0v) is 33.2. The molecule has 0 spiro atoms. The summed E-state index contributed by atoms with van der Waals surface area (Å²) in [6.07, 6.45) is 4.19. The molecule has 5 aliphatic rings. The number of carbonyl (C=O) groups excluding carboxylic acids is 4. The molecular weight excluding hydrogens is 765 g/mol. The number of anilines is 6. The number of piperidine rings is 3. The first-order valence-electron chi connectivity index (χ1n) is 20.5. The number of benzene rings is 2. The summed E-state index contributed by atoms with van der Waals surface area (Å²) in [5.74, 6) is -1.53. The summed E-state index contributed by atoms with van der Waals surface area (Å²) in [4.78, 5) is 65.3. The minimum atomic E-state index is -0.815. The molecule has 5 amide bonds. The van der Waals surface area contributed by atoms with Crippen molar-refractivity contribution in [3.8, 4) is 0 Å². The van der Waals surface area contributed by atoms with Crippen molar-refractivity contribution in [1.82, 2.24) is 35.2 Å². The van der Waals surface area contributed by atoms with Crippen molar-refractivity contribution in [2.45, 2.75) is 50.6 Å². The van der Waals surface area contributed by atoms with Crippen molar-refractivity contribution >= 4 is 58.3 Å². The van der Waals surface area contributed by atoms with Crippen LogP contribution in [0.3, 0.4) is 0 Å². The first-order valence-corrected chi connectivity index (χ1v) is 20.5. The quantitative estimate of drug-likeness (QED) is 0.207. The lowest BCUT2D eigenvalue weighted by atomic mass is 9.95. The second-order valence-corrected chi connectivity index (χ2v) is 16.1. The van der Waals surface area contributed by atoms with E-state index in [1.54, 1.807) is 30.1 Å². The van der Waals surface area contributed by atoms with Crippen LogP contribution in [0.5, 0.6) is 0 Å². The van der Waals surface area contributed by atoms with Crippen molar-refractivity contribution in [3.05, 3.63) is 53.7 Å². The molecule has 5 N–H and O–H groups in total. The molecule has 5 saturated heterocycles. The molecule has 2 aromatic carbocycles. The summed E-state index contributed by atoms with van der Waals surface area (Å²) in [7, 11) is 1.80. The molecule has 314 valence electrons. The second-order valence-electron chi connectivity index (χ2n) is 16.1. The van der Waals surface area contributed by atoms with Gasteiger partial charge in [0.25, 0.3) is 5.91 Å². The molecule has 59 heavy (non-hydrogen) atoms. The summed E-state index contributed by atoms with van der Waals surface area (Å²) in [6.45, 7) is 8.02. The molecule has 19 heteroatoms. The third kappa shape index (κ3) is 8.94. The number of urea groups is 1. The van der Waals surface area contributed by atoms with E-state index < -0.39 is 29.5 Å². The first kappa shape index (κ1) is 40.0. The minimum absolute atomic E-state index is 0.00264. The normalized spacial score (nSPS) is 22.2. The number of rotatable bonds is 11. The Morgan fingerprint density at radius 1 is 0.864 bits per heavy atom. The zero-order chi connectivity index (χ0) is 41.2. The van der Waals surface area contributed by atoms with Gasteiger partial charge in [-0.1, -0.05) is 0 Å². The van der Waals surface area contributed by atoms with Crippen LogP contribution in [0.4, 0.5) is 48.1 Å². The molecule has 2 unspecified atom stereocenters. The highest BCUT2D eigenvalue weighted by molar-refractivity contribution is 6.01. The Hall–Kier alpha value is -5.85. The lowest BCUT2D eigenvalue weighted by Crippen LogP contribution is -2.49. The van der Waals surface area contributed by atoms with Gasteiger partial charge in [0.2, 0.25) is 17.8 Å². The van der Waals surface area contributed by atoms with Gasteiger partial charge in [0.15, 0.2) is 11.5 Å². The maximum Gasteiger partial charge on any atom is 0.320 e. The monoisotopic (exact) mass is 815 g/mol. The van der Waals surface area contributed by atoms with Crippen LogP contribution in [0.15, 0.2) is 36.4 Å². The van der Waals surface area contributed by atoms with Gasteiger partial charge in [0.05, 0.1) is 17.4 Å². The number of carbonyl (C=O) groups is 4. The highest BCUT2D eigenvalue weighted by atomic mass is 19.1. The van der Waals surface area contributed by atoms with E-state index in [2.05, 4.69) is 40.9 Å². The summed E-state index contributed by atoms with van der Waals surface area (Å²) in [5, 5.41) is 16.5. The molecule has 8 rings (SSSR count). The van der Waals surface area contributed by atoms with E-state index in [0.717, 1.165) is 64.1 Å². The number of hydrogen-bond donors (Lipinski definition) is 4. The molecule has 0 aliphatic carbocycles. The Kier molecular flexibility index (Phi) is 11.6. The molecule has 5 aliphatic heterocycles. The van der Waals surface area contributed by atoms with Gasteiger partial charge in [-0.05, 0) is 74.4 Å². The van der Waals surface area contributed by atoms with E-state index in [9.17, 15) is 19.2 Å². The summed E-state index contributed by atoms with van der Waals surface area (Å²) < 4.78 is 30.8. The van der Waals surface area contributed by atoms with Gasteiger partial charge in [-0.25, -0.2) is 13.6 Å². The van der Waals surface area contributed by atoms with Crippen LogP contribution in [-0.2, 0) is 9.59 Å². The second kappa shape index (κ2) is 17.2. The Labute approximate surface area is 341 Å². The molecule has 2 atom stereocenters. The Morgan fingerprint density at radius 3 is 2.36 bits per heavy atom. The molecular formula is C40H51F2N13O4. The minimum Gasteiger partial charge on any atom is -0.371 e. The highest BCUT2D eigenvalue weighted by Crippen LogP contribution is 2.31. The fourth-order valence-corrected chi connectivity index (χ4v) is 8.83. The van der Waals surface area contributed by atoms with Gasteiger partial charge in [-0.15, -0.1) is 10.2 Å². The highest BCUT2D eigenvalue weighted by Gasteiger charge is 2.35. The number of piperazine rings is 1. The van der Waals surface area contributed by atoms with Gasteiger partial charge in [0.1, 0.15) is 17.7 Å². The lowest BCUT2D eigenvalue weighted by Gasteiger charge is -2.40. The number of nitrogens with zero attached hydrogens (tertiary/aromatic N) is 9. The molecule has 6 heterocycles. The van der Waals surface area contributed by atoms with Crippen LogP contribution in [-0.4, -0.2) is 145 Å². The number of hydrogen-bond acceptors (Lipinski definition) is 13. The van der Waals surface area contributed by atoms with Gasteiger partial charge < -0.3 is 40.9 Å². The summed E-state index contributed by atoms with van der Waals surface area (Å²) in [6, 6.07) is 9.23. The van der Waals surface area contributed by atoms with E-state index in [-0.39, 0.29) is 41.6 Å². The van der Waals surface area contributed by atoms with E-state index >= 15 is 8.78 Å². The summed E-state index contributed by atoms with van der Waals surface area (Å²) >= 11 is 0. The molecule has 0 saturated carbocycles. The zero-order valence-electron chi connectivity index (χ0n) is 33.2. The predicted octanol–water partition coefficient (Wildman–Crippen LogP) is 2.58. The van der Waals surface area contributed by atoms with Crippen LogP contribution in [0.25, 0.3) is 0 Å². The number of halogens is 2. The predicted molar refractivity (Wildman–Crippen MR) is 218 cm³/mol. The number of imide groups is 1. The number of amides is 5. The largest absolute Gasteiger partial charge is 0.371 e. The smallest absolute Gasteiger partial charge is 0.320 e. The van der Waals surface area contributed by atoms with Crippen LogP contribution in [0, 0.1) is 17.6 Å². The van der Waals surface area contributed by atoms with Crippen molar-refractivity contribution < 1.29 is 28.0 Å². The van der Waals surface area contributed by atoms with E-state index in [1.165, 1.54) is 12.1 Å². The van der Waals surface area contributed by atoms with Crippen LogP contribution in [0.1, 0.15) is 49.0 Å². The number of nitrogens with two attached hydrogens (primary N) is 1. The third-order valence-corrected chi connectivity index (χ3v) is 12.2. The standard InChI is InChI=1S/C40H51F2N13O4/c1-50-15-20-55(40(50)59)28-3-2-12-54(24-28)39-47-37(35(36(43)57)48-49-39)44-26-4-8-33(30(42)21-26)53-18-16-51(17-19-53)23-25-10-13-52(14-11-25)27-5-6-31(29(41)22-27)45-32-7-9-34(56)46-38(32)58/h4-6,8,21-22,25,28,32,45H,2-3,7,9-20,23-24H2,1H3,(H2,43,57)(H,44,47,49)(H,46,56,58). The molecule has 3 aromatic rings. The third-order valence-electron chi connectivity index (χ3n) is 12.2. The van der Waals surface area contributed by atoms with Crippen LogP contribution >= 0.6 is 0 Å². The van der Waals surface area contributed by atoms with E-state index in [1.807, 2.05) is 20.8 Å².